The topological polar surface area (TPSA) is 71.0 Å². The molecule has 2 fully saturated rings. The summed E-state index contributed by atoms with van der Waals surface area (Å²) in [6, 6.07) is 15.9. The van der Waals surface area contributed by atoms with Gasteiger partial charge in [-0.05, 0) is 49.9 Å². The number of hydrogen-bond donors (Lipinski definition) is 1. The molecule has 3 aromatic rings. The third-order valence-corrected chi connectivity index (χ3v) is 6.30. The van der Waals surface area contributed by atoms with E-state index in [0.29, 0.717) is 12.5 Å². The second-order valence-electron chi connectivity index (χ2n) is 8.48. The average molecular weight is 414 g/mol. The Morgan fingerprint density at radius 3 is 2.61 bits per heavy atom. The van der Waals surface area contributed by atoms with Crippen molar-refractivity contribution in [2.75, 3.05) is 18.4 Å². The molecule has 1 aliphatic carbocycles. The van der Waals surface area contributed by atoms with Crippen LogP contribution in [-0.4, -0.2) is 38.8 Å². The number of anilines is 2. The number of amides is 1. The standard InChI is InChI=1S/C25H27N5O/c31-25(18-7-4-8-18)30-14-6-10-20(17-30)24-28-22(19-9-5-13-26-16-19)15-23(29-24)27-21-11-2-1-3-12-21/h1-3,5,9,11-13,15-16,18,20H,4,6-8,10,14,17H2,(H,27,28,29)/t20-/m0/s1. The van der Waals surface area contributed by atoms with E-state index in [1.165, 1.54) is 6.42 Å². The second-order valence-corrected chi connectivity index (χ2v) is 8.48. The zero-order valence-corrected chi connectivity index (χ0v) is 17.6. The summed E-state index contributed by atoms with van der Waals surface area (Å²) < 4.78 is 0. The highest BCUT2D eigenvalue weighted by molar-refractivity contribution is 5.79. The minimum Gasteiger partial charge on any atom is -0.342 e. The third kappa shape index (κ3) is 4.43. The van der Waals surface area contributed by atoms with E-state index in [1.54, 1.807) is 6.20 Å². The highest BCUT2D eigenvalue weighted by Crippen LogP contribution is 2.33. The number of nitrogens with one attached hydrogen (secondary N) is 1. The van der Waals surface area contributed by atoms with Gasteiger partial charge in [-0.1, -0.05) is 24.6 Å². The largest absolute Gasteiger partial charge is 0.342 e. The van der Waals surface area contributed by atoms with Crippen LogP contribution in [0.5, 0.6) is 0 Å². The highest BCUT2D eigenvalue weighted by atomic mass is 16.2. The van der Waals surface area contributed by atoms with Gasteiger partial charge in [0.1, 0.15) is 11.6 Å². The first kappa shape index (κ1) is 19.7. The van der Waals surface area contributed by atoms with Gasteiger partial charge < -0.3 is 10.2 Å². The molecule has 1 amide bonds. The minimum absolute atomic E-state index is 0.144. The molecule has 0 spiro atoms. The van der Waals surface area contributed by atoms with Gasteiger partial charge in [0.05, 0.1) is 5.69 Å². The SMILES string of the molecule is O=C(C1CCC1)N1CCC[C@H](c2nc(Nc3ccccc3)cc(-c3cccnc3)n2)C1. The first-order valence-electron chi connectivity index (χ1n) is 11.2. The number of carbonyl (C=O) groups excluding carboxylic acids is 1. The number of rotatable bonds is 5. The van der Waals surface area contributed by atoms with Crippen molar-refractivity contribution in [2.24, 2.45) is 5.92 Å². The van der Waals surface area contributed by atoms with Gasteiger partial charge in [-0.15, -0.1) is 0 Å². The van der Waals surface area contributed by atoms with Crippen molar-refractivity contribution in [3.63, 3.8) is 0 Å². The quantitative estimate of drug-likeness (QED) is 0.651. The molecule has 2 aliphatic rings. The molecule has 6 heteroatoms. The van der Waals surface area contributed by atoms with Crippen LogP contribution in [0.1, 0.15) is 43.8 Å². The fourth-order valence-electron chi connectivity index (χ4n) is 4.35. The van der Waals surface area contributed by atoms with Gasteiger partial charge >= 0.3 is 0 Å². The van der Waals surface area contributed by atoms with Crippen LogP contribution in [0.25, 0.3) is 11.3 Å². The number of nitrogens with zero attached hydrogens (tertiary/aromatic N) is 4. The molecule has 2 aromatic heterocycles. The fourth-order valence-corrected chi connectivity index (χ4v) is 4.35. The van der Waals surface area contributed by atoms with Crippen molar-refractivity contribution in [3.05, 3.63) is 66.7 Å². The van der Waals surface area contributed by atoms with Crippen molar-refractivity contribution in [3.8, 4) is 11.3 Å². The number of hydrogen-bond acceptors (Lipinski definition) is 5. The Labute approximate surface area is 182 Å². The van der Waals surface area contributed by atoms with Crippen molar-refractivity contribution in [1.82, 2.24) is 19.9 Å². The predicted molar refractivity (Wildman–Crippen MR) is 121 cm³/mol. The molecule has 1 atom stereocenters. The first-order chi connectivity index (χ1) is 15.3. The van der Waals surface area contributed by atoms with E-state index in [1.807, 2.05) is 59.6 Å². The summed E-state index contributed by atoms with van der Waals surface area (Å²) in [6.45, 7) is 1.56. The summed E-state index contributed by atoms with van der Waals surface area (Å²) in [4.78, 5) is 28.9. The summed E-state index contributed by atoms with van der Waals surface area (Å²) in [5.74, 6) is 2.26. The molecule has 31 heavy (non-hydrogen) atoms. The Morgan fingerprint density at radius 2 is 1.87 bits per heavy atom. The van der Waals surface area contributed by atoms with Gasteiger partial charge in [-0.3, -0.25) is 9.78 Å². The fraction of sp³-hybridized carbons (Fsp3) is 0.360. The van der Waals surface area contributed by atoms with Crippen LogP contribution in [0.3, 0.4) is 0 Å². The van der Waals surface area contributed by atoms with Crippen LogP contribution in [0.4, 0.5) is 11.5 Å². The number of likely N-dealkylation sites (tertiary alicyclic amines) is 1. The average Bonchev–Trinajstić information content (AvgIpc) is 2.79. The zero-order valence-electron chi connectivity index (χ0n) is 17.6. The lowest BCUT2D eigenvalue weighted by atomic mass is 9.83. The third-order valence-electron chi connectivity index (χ3n) is 6.30. The number of benzene rings is 1. The van der Waals surface area contributed by atoms with E-state index >= 15 is 0 Å². The summed E-state index contributed by atoms with van der Waals surface area (Å²) in [7, 11) is 0. The smallest absolute Gasteiger partial charge is 0.225 e. The Balaban J connectivity index is 1.45. The maximum atomic E-state index is 12.8. The van der Waals surface area contributed by atoms with Gasteiger partial charge in [0.25, 0.3) is 0 Å². The molecule has 1 N–H and O–H groups in total. The normalized spacial score (nSPS) is 19.0. The summed E-state index contributed by atoms with van der Waals surface area (Å²) in [5.41, 5.74) is 2.79. The molecule has 1 aromatic carbocycles. The predicted octanol–water partition coefficient (Wildman–Crippen LogP) is 4.79. The highest BCUT2D eigenvalue weighted by Gasteiger charge is 2.33. The van der Waals surface area contributed by atoms with Gasteiger partial charge in [-0.25, -0.2) is 9.97 Å². The molecule has 0 radical (unpaired) electrons. The molecule has 6 nitrogen and oxygen atoms in total. The van der Waals surface area contributed by atoms with Gasteiger partial charge in [0.2, 0.25) is 5.91 Å². The van der Waals surface area contributed by atoms with Gasteiger partial charge in [0.15, 0.2) is 0 Å². The first-order valence-corrected chi connectivity index (χ1v) is 11.2. The summed E-state index contributed by atoms with van der Waals surface area (Å²) in [5, 5.41) is 3.41. The molecule has 158 valence electrons. The minimum atomic E-state index is 0.144. The molecule has 1 aliphatic heterocycles. The van der Waals surface area contributed by atoms with E-state index in [-0.39, 0.29) is 11.8 Å². The van der Waals surface area contributed by atoms with E-state index in [4.69, 9.17) is 9.97 Å². The molecule has 0 unspecified atom stereocenters. The van der Waals surface area contributed by atoms with Crippen LogP contribution >= 0.6 is 0 Å². The van der Waals surface area contributed by atoms with Gasteiger partial charge in [0, 0.05) is 54.6 Å². The number of aromatic nitrogens is 3. The van der Waals surface area contributed by atoms with E-state index in [0.717, 1.165) is 60.8 Å². The number of para-hydroxylation sites is 1. The molecular weight excluding hydrogens is 386 g/mol. The molecule has 5 rings (SSSR count). The van der Waals surface area contributed by atoms with E-state index < -0.39 is 0 Å². The number of piperidine rings is 1. The lowest BCUT2D eigenvalue weighted by molar-refractivity contribution is -0.139. The van der Waals surface area contributed by atoms with Crippen LogP contribution in [0, 0.1) is 5.92 Å². The van der Waals surface area contributed by atoms with E-state index in [9.17, 15) is 4.79 Å². The Kier molecular flexibility index (Phi) is 5.61. The molecule has 0 bridgehead atoms. The maximum absolute atomic E-state index is 12.8. The second kappa shape index (κ2) is 8.84. The molecule has 1 saturated carbocycles. The lowest BCUT2D eigenvalue weighted by Gasteiger charge is -2.36. The van der Waals surface area contributed by atoms with Crippen molar-refractivity contribution >= 4 is 17.4 Å². The van der Waals surface area contributed by atoms with Crippen LogP contribution in [0.2, 0.25) is 0 Å². The molecule has 3 heterocycles. The summed E-state index contributed by atoms with van der Waals surface area (Å²) in [6.07, 6.45) is 8.83. The maximum Gasteiger partial charge on any atom is 0.225 e. The Bertz CT molecular complexity index is 1040. The van der Waals surface area contributed by atoms with Gasteiger partial charge in [-0.2, -0.15) is 0 Å². The van der Waals surface area contributed by atoms with Crippen molar-refractivity contribution in [2.45, 2.75) is 38.0 Å². The van der Waals surface area contributed by atoms with Crippen LogP contribution < -0.4 is 5.32 Å². The monoisotopic (exact) mass is 413 g/mol. The van der Waals surface area contributed by atoms with Crippen molar-refractivity contribution < 1.29 is 4.79 Å². The van der Waals surface area contributed by atoms with Crippen molar-refractivity contribution in [1.29, 1.82) is 0 Å². The summed E-state index contributed by atoms with van der Waals surface area (Å²) >= 11 is 0. The lowest BCUT2D eigenvalue weighted by Crippen LogP contribution is -2.44. The Morgan fingerprint density at radius 1 is 1.00 bits per heavy atom. The van der Waals surface area contributed by atoms with Crippen LogP contribution in [0.15, 0.2) is 60.9 Å². The molecular formula is C25H27N5O. The molecule has 1 saturated heterocycles. The number of carbonyl (C=O) groups is 1. The van der Waals surface area contributed by atoms with Crippen LogP contribution in [-0.2, 0) is 4.79 Å². The Hall–Kier alpha value is -3.28. The van der Waals surface area contributed by atoms with E-state index in [2.05, 4.69) is 10.3 Å². The zero-order chi connectivity index (χ0) is 21.0. The number of pyridine rings is 1.